The van der Waals surface area contributed by atoms with Crippen LogP contribution in [-0.4, -0.2) is 26.8 Å². The van der Waals surface area contributed by atoms with Gasteiger partial charge in [0.05, 0.1) is 0 Å². The fraction of sp³-hybridized carbons (Fsp3) is 0.909. The first kappa shape index (κ1) is 11.5. The van der Waals surface area contributed by atoms with E-state index < -0.39 is 0 Å². The molecule has 0 saturated heterocycles. The molecule has 1 aliphatic rings. The number of rotatable bonds is 5. The van der Waals surface area contributed by atoms with Crippen LogP contribution in [0.1, 0.15) is 56.7 Å². The minimum absolute atomic E-state index is 0.585. The predicted octanol–water partition coefficient (Wildman–Crippen LogP) is 1.46. The molecule has 0 aliphatic heterocycles. The van der Waals surface area contributed by atoms with E-state index in [2.05, 4.69) is 15.5 Å². The Kier molecular flexibility index (Phi) is 4.27. The maximum atomic E-state index is 5.49. The second kappa shape index (κ2) is 5.94. The van der Waals surface area contributed by atoms with Gasteiger partial charge in [0.25, 0.3) is 0 Å². The maximum absolute atomic E-state index is 5.49. The molecule has 0 amide bonds. The van der Waals surface area contributed by atoms with E-state index in [0.29, 0.717) is 5.92 Å². The number of aromatic nitrogens is 4. The molecule has 0 aromatic carbocycles. The summed E-state index contributed by atoms with van der Waals surface area (Å²) in [6.07, 6.45) is 8.62. The lowest BCUT2D eigenvalue weighted by molar-refractivity contribution is 0.403. The van der Waals surface area contributed by atoms with Crippen molar-refractivity contribution in [2.24, 2.45) is 5.73 Å². The lowest BCUT2D eigenvalue weighted by Crippen LogP contribution is -2.14. The van der Waals surface area contributed by atoms with Crippen LogP contribution in [0.25, 0.3) is 0 Å². The van der Waals surface area contributed by atoms with Crippen LogP contribution >= 0.6 is 0 Å². The molecule has 0 bridgehead atoms. The largest absolute Gasteiger partial charge is 0.330 e. The first-order valence-electron chi connectivity index (χ1n) is 6.38. The zero-order valence-corrected chi connectivity index (χ0v) is 9.81. The molecule has 0 spiro atoms. The third-order valence-corrected chi connectivity index (χ3v) is 3.35. The Hall–Kier alpha value is -0.970. The van der Waals surface area contributed by atoms with E-state index in [4.69, 9.17) is 5.73 Å². The standard InChI is InChI=1S/C11H21N5/c12-8-4-5-9-16-11(13-14-15-16)10-6-2-1-3-7-10/h10H,1-9,12H2. The Morgan fingerprint density at radius 1 is 1.19 bits per heavy atom. The zero-order chi connectivity index (χ0) is 11.2. The van der Waals surface area contributed by atoms with Crippen molar-refractivity contribution in [1.29, 1.82) is 0 Å². The van der Waals surface area contributed by atoms with Crippen molar-refractivity contribution < 1.29 is 0 Å². The summed E-state index contributed by atoms with van der Waals surface area (Å²) in [4.78, 5) is 0. The number of hydrogen-bond donors (Lipinski definition) is 1. The highest BCUT2D eigenvalue weighted by atomic mass is 15.5. The van der Waals surface area contributed by atoms with Gasteiger partial charge >= 0.3 is 0 Å². The highest BCUT2D eigenvalue weighted by Crippen LogP contribution is 2.30. The molecule has 16 heavy (non-hydrogen) atoms. The van der Waals surface area contributed by atoms with Crippen LogP contribution in [0.4, 0.5) is 0 Å². The molecule has 1 saturated carbocycles. The van der Waals surface area contributed by atoms with Crippen LogP contribution < -0.4 is 5.73 Å². The molecule has 90 valence electrons. The third-order valence-electron chi connectivity index (χ3n) is 3.35. The number of nitrogens with zero attached hydrogens (tertiary/aromatic N) is 4. The van der Waals surface area contributed by atoms with Crippen molar-refractivity contribution in [3.63, 3.8) is 0 Å². The van der Waals surface area contributed by atoms with Gasteiger partial charge in [-0.15, -0.1) is 5.10 Å². The fourth-order valence-electron chi connectivity index (χ4n) is 2.43. The third kappa shape index (κ3) is 2.78. The van der Waals surface area contributed by atoms with Crippen molar-refractivity contribution in [3.05, 3.63) is 5.82 Å². The van der Waals surface area contributed by atoms with Gasteiger partial charge in [0.1, 0.15) is 0 Å². The molecule has 1 aliphatic carbocycles. The first-order chi connectivity index (χ1) is 7.92. The first-order valence-corrected chi connectivity index (χ1v) is 6.38. The predicted molar refractivity (Wildman–Crippen MR) is 61.9 cm³/mol. The molecular formula is C11H21N5. The topological polar surface area (TPSA) is 69.6 Å². The van der Waals surface area contributed by atoms with Gasteiger partial charge in [-0.3, -0.25) is 0 Å². The van der Waals surface area contributed by atoms with E-state index in [0.717, 1.165) is 31.8 Å². The molecule has 5 heteroatoms. The number of aryl methyl sites for hydroxylation is 1. The Morgan fingerprint density at radius 3 is 2.75 bits per heavy atom. The van der Waals surface area contributed by atoms with Crippen LogP contribution in [0, 0.1) is 0 Å². The van der Waals surface area contributed by atoms with Gasteiger partial charge in [0, 0.05) is 12.5 Å². The summed E-state index contributed by atoms with van der Waals surface area (Å²) in [5, 5.41) is 12.1. The van der Waals surface area contributed by atoms with Gasteiger partial charge in [-0.05, 0) is 42.7 Å². The SMILES string of the molecule is NCCCCn1nnnc1C1CCCCC1. The molecule has 1 heterocycles. The van der Waals surface area contributed by atoms with E-state index >= 15 is 0 Å². The molecule has 2 rings (SSSR count). The van der Waals surface area contributed by atoms with Crippen LogP contribution in [0.5, 0.6) is 0 Å². The van der Waals surface area contributed by atoms with Gasteiger partial charge in [-0.25, -0.2) is 4.68 Å². The van der Waals surface area contributed by atoms with E-state index in [-0.39, 0.29) is 0 Å². The second-order valence-electron chi connectivity index (χ2n) is 4.59. The Bertz CT molecular complexity index is 303. The van der Waals surface area contributed by atoms with Gasteiger partial charge < -0.3 is 5.73 Å². The van der Waals surface area contributed by atoms with Gasteiger partial charge in [-0.1, -0.05) is 19.3 Å². The van der Waals surface area contributed by atoms with Crippen molar-refractivity contribution in [1.82, 2.24) is 20.2 Å². The molecule has 0 radical (unpaired) electrons. The molecule has 2 N–H and O–H groups in total. The smallest absolute Gasteiger partial charge is 0.154 e. The van der Waals surface area contributed by atoms with Crippen LogP contribution in [0.15, 0.2) is 0 Å². The van der Waals surface area contributed by atoms with Crippen molar-refractivity contribution in [2.75, 3.05) is 6.54 Å². The number of hydrogen-bond acceptors (Lipinski definition) is 4. The quantitative estimate of drug-likeness (QED) is 0.767. The summed E-state index contributed by atoms with van der Waals surface area (Å²) in [7, 11) is 0. The molecule has 1 aromatic heterocycles. The molecular weight excluding hydrogens is 202 g/mol. The molecule has 0 atom stereocenters. The van der Waals surface area contributed by atoms with E-state index in [9.17, 15) is 0 Å². The summed E-state index contributed by atoms with van der Waals surface area (Å²) in [5.41, 5.74) is 5.49. The van der Waals surface area contributed by atoms with Crippen LogP contribution in [0.2, 0.25) is 0 Å². The average Bonchev–Trinajstić information content (AvgIpc) is 2.79. The Labute approximate surface area is 96.4 Å². The normalized spacial score (nSPS) is 17.8. The van der Waals surface area contributed by atoms with E-state index in [1.54, 1.807) is 0 Å². The minimum Gasteiger partial charge on any atom is -0.330 e. The van der Waals surface area contributed by atoms with Crippen LogP contribution in [-0.2, 0) is 6.54 Å². The van der Waals surface area contributed by atoms with E-state index in [1.807, 2.05) is 4.68 Å². The zero-order valence-electron chi connectivity index (χ0n) is 9.81. The van der Waals surface area contributed by atoms with Crippen molar-refractivity contribution in [3.8, 4) is 0 Å². The molecule has 1 aromatic rings. The summed E-state index contributed by atoms with van der Waals surface area (Å²) >= 11 is 0. The molecule has 0 unspecified atom stereocenters. The maximum Gasteiger partial charge on any atom is 0.154 e. The number of tetrazole rings is 1. The van der Waals surface area contributed by atoms with Gasteiger partial charge in [-0.2, -0.15) is 0 Å². The van der Waals surface area contributed by atoms with E-state index in [1.165, 1.54) is 32.1 Å². The summed E-state index contributed by atoms with van der Waals surface area (Å²) in [5.74, 6) is 1.68. The van der Waals surface area contributed by atoms with Gasteiger partial charge in [0.15, 0.2) is 5.82 Å². The number of nitrogens with two attached hydrogens (primary N) is 1. The van der Waals surface area contributed by atoms with Crippen molar-refractivity contribution in [2.45, 2.75) is 57.4 Å². The Morgan fingerprint density at radius 2 is 2.00 bits per heavy atom. The fourth-order valence-corrected chi connectivity index (χ4v) is 2.43. The van der Waals surface area contributed by atoms with Crippen molar-refractivity contribution >= 4 is 0 Å². The lowest BCUT2D eigenvalue weighted by atomic mass is 9.89. The molecule has 1 fully saturated rings. The Balaban J connectivity index is 1.94. The highest BCUT2D eigenvalue weighted by molar-refractivity contribution is 4.95. The number of unbranched alkanes of at least 4 members (excludes halogenated alkanes) is 1. The molecule has 5 nitrogen and oxygen atoms in total. The summed E-state index contributed by atoms with van der Waals surface area (Å²) in [6.45, 7) is 1.66. The monoisotopic (exact) mass is 223 g/mol. The second-order valence-corrected chi connectivity index (χ2v) is 4.59. The summed E-state index contributed by atoms with van der Waals surface area (Å²) in [6, 6.07) is 0. The average molecular weight is 223 g/mol. The lowest BCUT2D eigenvalue weighted by Gasteiger charge is -2.20. The van der Waals surface area contributed by atoms with Crippen LogP contribution in [0.3, 0.4) is 0 Å². The minimum atomic E-state index is 0.585. The highest BCUT2D eigenvalue weighted by Gasteiger charge is 2.21. The summed E-state index contributed by atoms with van der Waals surface area (Å²) < 4.78 is 1.98. The van der Waals surface area contributed by atoms with Gasteiger partial charge in [0.2, 0.25) is 0 Å².